The highest BCUT2D eigenvalue weighted by molar-refractivity contribution is 6.32. The number of rotatable bonds is 6. The van der Waals surface area contributed by atoms with Gasteiger partial charge in [-0.15, -0.1) is 13.2 Å². The van der Waals surface area contributed by atoms with Crippen molar-refractivity contribution in [3.05, 3.63) is 53.8 Å². The standard InChI is InChI=1S/C21H21ClF3N7O/c1-31-8-10-32(11-9-31)15-4-7-18(26-12-15)29-20-27-13-17(22)19(30-20)28-14-2-5-16(6-3-14)33-21(23,24)25/h2-7,12-13H,8-11H2,1H3,(H2,26,27,28,29,30). The molecular weight excluding hydrogens is 459 g/mol. The van der Waals surface area contributed by atoms with Gasteiger partial charge in [-0.25, -0.2) is 9.97 Å². The number of anilines is 5. The highest BCUT2D eigenvalue weighted by Crippen LogP contribution is 2.28. The quantitative estimate of drug-likeness (QED) is 0.528. The molecule has 1 aromatic carbocycles. The average Bonchev–Trinajstić information content (AvgIpc) is 2.78. The lowest BCUT2D eigenvalue weighted by atomic mass is 10.3. The van der Waals surface area contributed by atoms with Crippen LogP contribution in [0, 0.1) is 0 Å². The zero-order chi connectivity index (χ0) is 23.4. The lowest BCUT2D eigenvalue weighted by Gasteiger charge is -2.33. The Bertz CT molecular complexity index is 1070. The van der Waals surface area contributed by atoms with Crippen LogP contribution in [0.5, 0.6) is 5.75 Å². The van der Waals surface area contributed by atoms with Crippen LogP contribution in [0.4, 0.5) is 42.1 Å². The minimum atomic E-state index is -4.75. The van der Waals surface area contributed by atoms with Crippen LogP contribution in [0.2, 0.25) is 5.02 Å². The minimum absolute atomic E-state index is 0.245. The Morgan fingerprint density at radius 2 is 1.67 bits per heavy atom. The Balaban J connectivity index is 1.41. The van der Waals surface area contributed by atoms with Crippen molar-refractivity contribution in [3.8, 4) is 5.75 Å². The number of hydrogen-bond acceptors (Lipinski definition) is 8. The number of hydrogen-bond donors (Lipinski definition) is 2. The van der Waals surface area contributed by atoms with E-state index >= 15 is 0 Å². The van der Waals surface area contributed by atoms with Gasteiger partial charge in [0.15, 0.2) is 5.82 Å². The van der Waals surface area contributed by atoms with Crippen LogP contribution >= 0.6 is 11.6 Å². The van der Waals surface area contributed by atoms with Crippen LogP contribution in [0.25, 0.3) is 0 Å². The third-order valence-electron chi connectivity index (χ3n) is 4.95. The molecule has 1 saturated heterocycles. The molecule has 2 aromatic heterocycles. The van der Waals surface area contributed by atoms with Gasteiger partial charge in [0, 0.05) is 31.9 Å². The summed E-state index contributed by atoms with van der Waals surface area (Å²) in [5.74, 6) is 0.788. The van der Waals surface area contributed by atoms with Crippen LogP contribution in [-0.4, -0.2) is 59.4 Å². The predicted molar refractivity (Wildman–Crippen MR) is 121 cm³/mol. The molecule has 4 rings (SSSR count). The Morgan fingerprint density at radius 3 is 2.30 bits per heavy atom. The molecule has 0 amide bonds. The first-order valence-corrected chi connectivity index (χ1v) is 10.4. The fraction of sp³-hybridized carbons (Fsp3) is 0.286. The molecule has 33 heavy (non-hydrogen) atoms. The van der Waals surface area contributed by atoms with Crippen LogP contribution < -0.4 is 20.3 Å². The van der Waals surface area contributed by atoms with Gasteiger partial charge < -0.3 is 25.2 Å². The second-order valence-corrected chi connectivity index (χ2v) is 7.81. The molecule has 3 heterocycles. The fourth-order valence-electron chi connectivity index (χ4n) is 3.22. The third kappa shape index (κ3) is 6.36. The number of piperazine rings is 1. The van der Waals surface area contributed by atoms with E-state index < -0.39 is 6.36 Å². The third-order valence-corrected chi connectivity index (χ3v) is 5.23. The zero-order valence-corrected chi connectivity index (χ0v) is 18.4. The van der Waals surface area contributed by atoms with Gasteiger partial charge in [0.2, 0.25) is 5.95 Å². The van der Waals surface area contributed by atoms with Crippen molar-refractivity contribution in [2.75, 3.05) is 48.8 Å². The van der Waals surface area contributed by atoms with Gasteiger partial charge in [-0.2, -0.15) is 4.98 Å². The first-order valence-electron chi connectivity index (χ1n) is 10.1. The maximum absolute atomic E-state index is 12.3. The molecule has 1 aliphatic rings. The monoisotopic (exact) mass is 479 g/mol. The smallest absolute Gasteiger partial charge is 0.406 e. The summed E-state index contributed by atoms with van der Waals surface area (Å²) in [7, 11) is 2.11. The van der Waals surface area contributed by atoms with E-state index in [1.165, 1.54) is 30.5 Å². The van der Waals surface area contributed by atoms with Crippen LogP contribution in [-0.2, 0) is 0 Å². The lowest BCUT2D eigenvalue weighted by molar-refractivity contribution is -0.274. The summed E-state index contributed by atoms with van der Waals surface area (Å²) in [5, 5.41) is 6.22. The Kier molecular flexibility index (Phi) is 6.70. The maximum Gasteiger partial charge on any atom is 0.573 e. The van der Waals surface area contributed by atoms with E-state index in [-0.39, 0.29) is 22.5 Å². The van der Waals surface area contributed by atoms with Crippen LogP contribution in [0.1, 0.15) is 0 Å². The van der Waals surface area contributed by atoms with Crippen molar-refractivity contribution in [3.63, 3.8) is 0 Å². The molecule has 3 aromatic rings. The molecule has 174 valence electrons. The number of ether oxygens (including phenoxy) is 1. The normalized spacial score (nSPS) is 14.8. The van der Waals surface area contributed by atoms with Gasteiger partial charge in [-0.1, -0.05) is 11.6 Å². The number of benzene rings is 1. The van der Waals surface area contributed by atoms with Gasteiger partial charge in [-0.3, -0.25) is 0 Å². The largest absolute Gasteiger partial charge is 0.573 e. The van der Waals surface area contributed by atoms with Crippen LogP contribution in [0.3, 0.4) is 0 Å². The SMILES string of the molecule is CN1CCN(c2ccc(Nc3ncc(Cl)c(Nc4ccc(OC(F)(F)F)cc4)n3)nc2)CC1. The maximum atomic E-state index is 12.3. The highest BCUT2D eigenvalue weighted by Gasteiger charge is 2.31. The van der Waals surface area contributed by atoms with E-state index in [9.17, 15) is 13.2 Å². The van der Waals surface area contributed by atoms with Crippen molar-refractivity contribution >= 4 is 40.6 Å². The van der Waals surface area contributed by atoms with Crippen LogP contribution in [0.15, 0.2) is 48.8 Å². The molecule has 1 aliphatic heterocycles. The minimum Gasteiger partial charge on any atom is -0.406 e. The summed E-state index contributed by atoms with van der Waals surface area (Å²) in [6.45, 7) is 3.91. The van der Waals surface area contributed by atoms with Crippen molar-refractivity contribution in [1.29, 1.82) is 0 Å². The fourth-order valence-corrected chi connectivity index (χ4v) is 3.36. The van der Waals surface area contributed by atoms with Crippen molar-refractivity contribution in [2.45, 2.75) is 6.36 Å². The second-order valence-electron chi connectivity index (χ2n) is 7.40. The van der Waals surface area contributed by atoms with Gasteiger partial charge >= 0.3 is 6.36 Å². The van der Waals surface area contributed by atoms with E-state index in [1.54, 1.807) is 6.20 Å². The molecule has 12 heteroatoms. The van der Waals surface area contributed by atoms with E-state index in [4.69, 9.17) is 11.6 Å². The number of likely N-dealkylation sites (N-methyl/N-ethyl adjacent to an activating group) is 1. The average molecular weight is 480 g/mol. The Morgan fingerprint density at radius 1 is 0.939 bits per heavy atom. The summed E-state index contributed by atoms with van der Waals surface area (Å²) in [6.07, 6.45) is -1.53. The number of nitrogens with one attached hydrogen (secondary N) is 2. The topological polar surface area (TPSA) is 78.4 Å². The van der Waals surface area contributed by atoms with Gasteiger partial charge in [0.05, 0.1) is 18.1 Å². The first-order chi connectivity index (χ1) is 15.7. The predicted octanol–water partition coefficient (Wildman–Crippen LogP) is 4.66. The molecule has 0 spiro atoms. The van der Waals surface area contributed by atoms with E-state index in [1.807, 2.05) is 12.1 Å². The number of nitrogens with zero attached hydrogens (tertiary/aromatic N) is 5. The summed E-state index contributed by atoms with van der Waals surface area (Å²) in [6, 6.07) is 9.06. The number of halogens is 4. The van der Waals surface area contributed by atoms with E-state index in [0.29, 0.717) is 11.5 Å². The molecule has 8 nitrogen and oxygen atoms in total. The molecule has 1 fully saturated rings. The molecule has 2 N–H and O–H groups in total. The highest BCUT2D eigenvalue weighted by atomic mass is 35.5. The molecule has 0 saturated carbocycles. The van der Waals surface area contributed by atoms with Crippen molar-refractivity contribution in [2.24, 2.45) is 0 Å². The number of aromatic nitrogens is 3. The molecule has 0 aliphatic carbocycles. The molecule has 0 radical (unpaired) electrons. The Hall–Kier alpha value is -3.31. The van der Waals surface area contributed by atoms with Crippen molar-refractivity contribution < 1.29 is 17.9 Å². The summed E-state index contributed by atoms with van der Waals surface area (Å²) in [5.41, 5.74) is 1.52. The number of pyridine rings is 1. The van der Waals surface area contributed by atoms with Gasteiger partial charge in [0.1, 0.15) is 16.6 Å². The van der Waals surface area contributed by atoms with Crippen molar-refractivity contribution in [1.82, 2.24) is 19.9 Å². The summed E-state index contributed by atoms with van der Waals surface area (Å²) >= 11 is 6.17. The zero-order valence-electron chi connectivity index (χ0n) is 17.6. The van der Waals surface area contributed by atoms with E-state index in [0.717, 1.165) is 31.9 Å². The summed E-state index contributed by atoms with van der Waals surface area (Å²) in [4.78, 5) is 17.5. The Labute approximate surface area is 193 Å². The summed E-state index contributed by atoms with van der Waals surface area (Å²) < 4.78 is 40.8. The van der Waals surface area contributed by atoms with E-state index in [2.05, 4.69) is 47.2 Å². The van der Waals surface area contributed by atoms with Gasteiger partial charge in [0.25, 0.3) is 0 Å². The molecule has 0 atom stereocenters. The number of alkyl halides is 3. The lowest BCUT2D eigenvalue weighted by Crippen LogP contribution is -2.44. The van der Waals surface area contributed by atoms with Gasteiger partial charge in [-0.05, 0) is 43.4 Å². The molecule has 0 bridgehead atoms. The second kappa shape index (κ2) is 9.67. The molecular formula is C21H21ClF3N7O. The first kappa shape index (κ1) is 22.9. The molecule has 0 unspecified atom stereocenters.